The Bertz CT molecular complexity index is 309. The molecule has 1 aromatic heterocycles. The van der Waals surface area contributed by atoms with E-state index in [0.29, 0.717) is 11.6 Å². The number of anilines is 1. The number of nitrogens with zero attached hydrogens (tertiary/aromatic N) is 1. The summed E-state index contributed by atoms with van der Waals surface area (Å²) in [5, 5.41) is 3.38. The van der Waals surface area contributed by atoms with Gasteiger partial charge in [0.1, 0.15) is 0 Å². The van der Waals surface area contributed by atoms with E-state index in [1.165, 1.54) is 16.2 Å². The molecule has 0 fully saturated rings. The number of aromatic nitrogens is 1. The van der Waals surface area contributed by atoms with Gasteiger partial charge in [-0.2, -0.15) is 0 Å². The van der Waals surface area contributed by atoms with E-state index in [1.54, 1.807) is 13.1 Å². The molecule has 0 radical (unpaired) electrons. The average molecular weight is 213 g/mol. The molecule has 0 aliphatic rings. The number of carbonyl (C=O) groups excluding carboxylic acids is 1. The zero-order chi connectivity index (χ0) is 10.6. The monoisotopic (exact) mass is 213 g/mol. The molecular weight excluding hydrogens is 198 g/mol. The van der Waals surface area contributed by atoms with E-state index in [9.17, 15) is 4.79 Å². The Morgan fingerprint density at radius 2 is 2.50 bits per heavy atom. The molecular formula is C9H15N3OS. The van der Waals surface area contributed by atoms with Crippen LogP contribution < -0.4 is 11.1 Å². The SMILES string of the molecule is CCc1cnc(NC(=O)CC(C)N)s1. The molecule has 0 aliphatic carbocycles. The summed E-state index contributed by atoms with van der Waals surface area (Å²) >= 11 is 1.50. The summed E-state index contributed by atoms with van der Waals surface area (Å²) in [5.41, 5.74) is 5.50. The summed E-state index contributed by atoms with van der Waals surface area (Å²) in [6.45, 7) is 3.86. The van der Waals surface area contributed by atoms with Gasteiger partial charge >= 0.3 is 0 Å². The van der Waals surface area contributed by atoms with Gasteiger partial charge in [0.2, 0.25) is 5.91 Å². The van der Waals surface area contributed by atoms with Gasteiger partial charge in [0.15, 0.2) is 5.13 Å². The van der Waals surface area contributed by atoms with Crippen LogP contribution in [-0.2, 0) is 11.2 Å². The van der Waals surface area contributed by atoms with Crippen molar-refractivity contribution in [1.82, 2.24) is 4.98 Å². The third kappa shape index (κ3) is 3.43. The van der Waals surface area contributed by atoms with Gasteiger partial charge in [0.25, 0.3) is 0 Å². The van der Waals surface area contributed by atoms with Gasteiger partial charge in [-0.3, -0.25) is 4.79 Å². The minimum atomic E-state index is -0.111. The van der Waals surface area contributed by atoms with Crippen molar-refractivity contribution in [2.24, 2.45) is 5.73 Å². The molecule has 1 rings (SSSR count). The molecule has 0 aromatic carbocycles. The van der Waals surface area contributed by atoms with Crippen LogP contribution in [0.1, 0.15) is 25.1 Å². The maximum atomic E-state index is 11.3. The van der Waals surface area contributed by atoms with Crippen molar-refractivity contribution < 1.29 is 4.79 Å². The summed E-state index contributed by atoms with van der Waals surface area (Å²) in [7, 11) is 0. The molecule has 14 heavy (non-hydrogen) atoms. The molecule has 0 bridgehead atoms. The van der Waals surface area contributed by atoms with Crippen LogP contribution >= 0.6 is 11.3 Å². The molecule has 78 valence electrons. The van der Waals surface area contributed by atoms with E-state index in [2.05, 4.69) is 17.2 Å². The van der Waals surface area contributed by atoms with Crippen molar-refractivity contribution in [3.05, 3.63) is 11.1 Å². The minimum absolute atomic E-state index is 0.0722. The predicted molar refractivity (Wildman–Crippen MR) is 58.4 cm³/mol. The maximum Gasteiger partial charge on any atom is 0.227 e. The highest BCUT2D eigenvalue weighted by Gasteiger charge is 2.07. The van der Waals surface area contributed by atoms with Crippen molar-refractivity contribution in [3.63, 3.8) is 0 Å². The average Bonchev–Trinajstić information content (AvgIpc) is 2.50. The van der Waals surface area contributed by atoms with Crippen molar-refractivity contribution in [1.29, 1.82) is 0 Å². The Labute approximate surface area is 87.5 Å². The lowest BCUT2D eigenvalue weighted by molar-refractivity contribution is -0.116. The Balaban J connectivity index is 2.47. The molecule has 1 unspecified atom stereocenters. The molecule has 1 heterocycles. The quantitative estimate of drug-likeness (QED) is 0.794. The first-order chi connectivity index (χ1) is 6.61. The molecule has 0 saturated heterocycles. The third-order valence-corrected chi connectivity index (χ3v) is 2.71. The smallest absolute Gasteiger partial charge is 0.227 e. The number of nitrogens with one attached hydrogen (secondary N) is 1. The fourth-order valence-corrected chi connectivity index (χ4v) is 1.76. The Hall–Kier alpha value is -0.940. The summed E-state index contributed by atoms with van der Waals surface area (Å²) in [5.74, 6) is -0.0722. The van der Waals surface area contributed by atoms with Gasteiger partial charge in [-0.1, -0.05) is 6.92 Å². The minimum Gasteiger partial charge on any atom is -0.327 e. The van der Waals surface area contributed by atoms with Gasteiger partial charge in [0, 0.05) is 23.5 Å². The molecule has 1 aromatic rings. The predicted octanol–water partition coefficient (Wildman–Crippen LogP) is 1.38. The van der Waals surface area contributed by atoms with E-state index in [1.807, 2.05) is 0 Å². The van der Waals surface area contributed by atoms with Crippen LogP contribution in [0.3, 0.4) is 0 Å². The summed E-state index contributed by atoms with van der Waals surface area (Å²) < 4.78 is 0. The number of carbonyl (C=O) groups is 1. The zero-order valence-electron chi connectivity index (χ0n) is 8.41. The number of hydrogen-bond donors (Lipinski definition) is 2. The van der Waals surface area contributed by atoms with Crippen molar-refractivity contribution in [2.45, 2.75) is 32.7 Å². The van der Waals surface area contributed by atoms with Crippen LogP contribution in [0, 0.1) is 0 Å². The van der Waals surface area contributed by atoms with Gasteiger partial charge < -0.3 is 11.1 Å². The molecule has 5 heteroatoms. The highest BCUT2D eigenvalue weighted by atomic mass is 32.1. The number of rotatable bonds is 4. The maximum absolute atomic E-state index is 11.3. The van der Waals surface area contributed by atoms with E-state index in [-0.39, 0.29) is 11.9 Å². The van der Waals surface area contributed by atoms with E-state index in [0.717, 1.165) is 6.42 Å². The van der Waals surface area contributed by atoms with Crippen LogP contribution in [0.5, 0.6) is 0 Å². The third-order valence-electron chi connectivity index (χ3n) is 1.66. The Morgan fingerprint density at radius 3 is 3.00 bits per heavy atom. The van der Waals surface area contributed by atoms with Crippen molar-refractivity contribution >= 4 is 22.4 Å². The molecule has 1 amide bonds. The largest absolute Gasteiger partial charge is 0.327 e. The van der Waals surface area contributed by atoms with E-state index < -0.39 is 0 Å². The topological polar surface area (TPSA) is 68.0 Å². The number of amides is 1. The van der Waals surface area contributed by atoms with Crippen molar-refractivity contribution in [2.75, 3.05) is 5.32 Å². The highest BCUT2D eigenvalue weighted by Crippen LogP contribution is 2.18. The first kappa shape index (κ1) is 11.1. The highest BCUT2D eigenvalue weighted by molar-refractivity contribution is 7.15. The molecule has 0 aliphatic heterocycles. The van der Waals surface area contributed by atoms with Crippen molar-refractivity contribution in [3.8, 4) is 0 Å². The number of aryl methyl sites for hydroxylation is 1. The van der Waals surface area contributed by atoms with Crippen LogP contribution in [0.15, 0.2) is 6.20 Å². The summed E-state index contributed by atoms with van der Waals surface area (Å²) in [6, 6.07) is -0.111. The second-order valence-electron chi connectivity index (χ2n) is 3.21. The molecule has 0 saturated carbocycles. The van der Waals surface area contributed by atoms with Crippen LogP contribution in [0.4, 0.5) is 5.13 Å². The van der Waals surface area contributed by atoms with Crippen LogP contribution in [-0.4, -0.2) is 16.9 Å². The molecule has 4 nitrogen and oxygen atoms in total. The van der Waals surface area contributed by atoms with Gasteiger partial charge in [-0.25, -0.2) is 4.98 Å². The normalized spacial score (nSPS) is 12.5. The van der Waals surface area contributed by atoms with Gasteiger partial charge in [-0.15, -0.1) is 11.3 Å². The standard InChI is InChI=1S/C9H15N3OS/c1-3-7-5-11-9(14-7)12-8(13)4-6(2)10/h5-6H,3-4,10H2,1-2H3,(H,11,12,13). The zero-order valence-corrected chi connectivity index (χ0v) is 9.23. The second kappa shape index (κ2) is 5.07. The van der Waals surface area contributed by atoms with Gasteiger partial charge in [-0.05, 0) is 13.3 Å². The molecule has 3 N–H and O–H groups in total. The fourth-order valence-electron chi connectivity index (χ4n) is 0.991. The van der Waals surface area contributed by atoms with Gasteiger partial charge in [0.05, 0.1) is 0 Å². The van der Waals surface area contributed by atoms with E-state index in [4.69, 9.17) is 5.73 Å². The lowest BCUT2D eigenvalue weighted by atomic mass is 10.2. The molecule has 0 spiro atoms. The lowest BCUT2D eigenvalue weighted by Crippen LogP contribution is -2.23. The Kier molecular flexibility index (Phi) is 4.03. The number of nitrogens with two attached hydrogens (primary N) is 1. The number of thiazole rings is 1. The lowest BCUT2D eigenvalue weighted by Gasteiger charge is -2.03. The number of hydrogen-bond acceptors (Lipinski definition) is 4. The van der Waals surface area contributed by atoms with Crippen LogP contribution in [0.2, 0.25) is 0 Å². The first-order valence-corrected chi connectivity index (χ1v) is 5.43. The summed E-state index contributed by atoms with van der Waals surface area (Å²) in [4.78, 5) is 16.5. The Morgan fingerprint density at radius 1 is 1.79 bits per heavy atom. The second-order valence-corrected chi connectivity index (χ2v) is 4.33. The first-order valence-electron chi connectivity index (χ1n) is 4.62. The fraction of sp³-hybridized carbons (Fsp3) is 0.556. The summed E-state index contributed by atoms with van der Waals surface area (Å²) in [6.07, 6.45) is 3.06. The van der Waals surface area contributed by atoms with Crippen LogP contribution in [0.25, 0.3) is 0 Å². The van der Waals surface area contributed by atoms with E-state index >= 15 is 0 Å². The molecule has 1 atom stereocenters.